The third-order valence-electron chi connectivity index (χ3n) is 4.61. The van der Waals surface area contributed by atoms with E-state index in [4.69, 9.17) is 9.47 Å². The van der Waals surface area contributed by atoms with E-state index in [1.807, 2.05) is 13.8 Å². The second-order valence-electron chi connectivity index (χ2n) is 7.06. The highest BCUT2D eigenvalue weighted by molar-refractivity contribution is 5.64. The SMILES string of the molecule is COc1cnc(-c2cnnc(Nc3nc(N4C[C@@H](C)O[C@@H](C)C4)ccc3F)c2)cn1. The van der Waals surface area contributed by atoms with Crippen molar-refractivity contribution in [1.29, 1.82) is 0 Å². The van der Waals surface area contributed by atoms with Crippen LogP contribution in [-0.4, -0.2) is 57.6 Å². The molecule has 0 amide bonds. The molecule has 0 bridgehead atoms. The van der Waals surface area contributed by atoms with Crippen molar-refractivity contribution in [2.75, 3.05) is 30.4 Å². The van der Waals surface area contributed by atoms with Crippen molar-refractivity contribution in [3.05, 3.63) is 42.6 Å². The largest absolute Gasteiger partial charge is 0.480 e. The highest BCUT2D eigenvalue weighted by Crippen LogP contribution is 2.25. The highest BCUT2D eigenvalue weighted by atomic mass is 19.1. The van der Waals surface area contributed by atoms with Gasteiger partial charge in [-0.2, -0.15) is 5.10 Å². The summed E-state index contributed by atoms with van der Waals surface area (Å²) in [6, 6.07) is 4.76. The van der Waals surface area contributed by atoms with Crippen LogP contribution in [0.5, 0.6) is 5.88 Å². The van der Waals surface area contributed by atoms with Gasteiger partial charge in [-0.15, -0.1) is 5.10 Å². The zero-order valence-corrected chi connectivity index (χ0v) is 16.9. The summed E-state index contributed by atoms with van der Waals surface area (Å²) in [4.78, 5) is 15.0. The Bertz CT molecular complexity index is 1010. The van der Waals surface area contributed by atoms with Crippen LogP contribution in [0.25, 0.3) is 11.3 Å². The molecule has 0 unspecified atom stereocenters. The molecule has 30 heavy (non-hydrogen) atoms. The van der Waals surface area contributed by atoms with Gasteiger partial charge in [0.05, 0.1) is 43.6 Å². The predicted molar refractivity (Wildman–Crippen MR) is 109 cm³/mol. The fourth-order valence-corrected chi connectivity index (χ4v) is 3.32. The molecule has 0 spiro atoms. The number of rotatable bonds is 5. The number of pyridine rings is 1. The fraction of sp³-hybridized carbons (Fsp3) is 0.350. The Kier molecular flexibility index (Phi) is 5.66. The Labute approximate surface area is 173 Å². The first kappa shape index (κ1) is 19.9. The summed E-state index contributed by atoms with van der Waals surface area (Å²) in [5.74, 6) is 1.02. The molecule has 4 heterocycles. The van der Waals surface area contributed by atoms with E-state index in [2.05, 4.69) is 35.4 Å². The lowest BCUT2D eigenvalue weighted by atomic mass is 10.2. The van der Waals surface area contributed by atoms with Gasteiger partial charge in [-0.3, -0.25) is 0 Å². The lowest BCUT2D eigenvalue weighted by molar-refractivity contribution is -0.00545. The first-order valence-electron chi connectivity index (χ1n) is 9.55. The molecular formula is C20H22FN7O2. The monoisotopic (exact) mass is 411 g/mol. The molecule has 4 rings (SSSR count). The molecule has 1 N–H and O–H groups in total. The number of ether oxygens (including phenoxy) is 2. The van der Waals surface area contributed by atoms with Gasteiger partial charge in [0.25, 0.3) is 0 Å². The molecule has 0 aliphatic carbocycles. The molecule has 1 saturated heterocycles. The minimum absolute atomic E-state index is 0.0742. The smallest absolute Gasteiger partial charge is 0.232 e. The molecule has 2 atom stereocenters. The topological polar surface area (TPSA) is 98.2 Å². The van der Waals surface area contributed by atoms with Crippen molar-refractivity contribution in [2.45, 2.75) is 26.1 Å². The van der Waals surface area contributed by atoms with E-state index in [-0.39, 0.29) is 18.0 Å². The van der Waals surface area contributed by atoms with Gasteiger partial charge in [0, 0.05) is 18.7 Å². The summed E-state index contributed by atoms with van der Waals surface area (Å²) in [5, 5.41) is 10.9. The molecule has 9 nitrogen and oxygen atoms in total. The van der Waals surface area contributed by atoms with E-state index in [1.54, 1.807) is 24.5 Å². The summed E-state index contributed by atoms with van der Waals surface area (Å²) in [6.45, 7) is 5.39. The first-order valence-corrected chi connectivity index (χ1v) is 9.55. The van der Waals surface area contributed by atoms with E-state index in [0.29, 0.717) is 41.9 Å². The molecule has 156 valence electrons. The maximum Gasteiger partial charge on any atom is 0.232 e. The number of halogens is 1. The molecule has 0 aromatic carbocycles. The minimum atomic E-state index is -0.482. The molecule has 10 heteroatoms. The number of morpholine rings is 1. The Morgan fingerprint density at radius 3 is 2.63 bits per heavy atom. The Morgan fingerprint density at radius 2 is 1.93 bits per heavy atom. The molecule has 1 aliphatic heterocycles. The van der Waals surface area contributed by atoms with Crippen LogP contribution in [0, 0.1) is 5.82 Å². The molecule has 0 radical (unpaired) electrons. The lowest BCUT2D eigenvalue weighted by Gasteiger charge is -2.36. The number of hydrogen-bond acceptors (Lipinski definition) is 9. The zero-order valence-electron chi connectivity index (χ0n) is 16.9. The van der Waals surface area contributed by atoms with Gasteiger partial charge < -0.3 is 19.7 Å². The highest BCUT2D eigenvalue weighted by Gasteiger charge is 2.24. The summed E-state index contributed by atoms with van der Waals surface area (Å²) in [6.07, 6.45) is 4.78. The number of aromatic nitrogens is 5. The van der Waals surface area contributed by atoms with Crippen LogP contribution >= 0.6 is 0 Å². The first-order chi connectivity index (χ1) is 14.5. The van der Waals surface area contributed by atoms with Crippen LogP contribution in [0.3, 0.4) is 0 Å². The second-order valence-corrected chi connectivity index (χ2v) is 7.06. The van der Waals surface area contributed by atoms with Gasteiger partial charge in [-0.25, -0.2) is 19.3 Å². The summed E-state index contributed by atoms with van der Waals surface area (Å²) in [7, 11) is 1.52. The third kappa shape index (κ3) is 4.43. The van der Waals surface area contributed by atoms with Crippen LogP contribution in [0.2, 0.25) is 0 Å². The van der Waals surface area contributed by atoms with Gasteiger partial charge in [0.2, 0.25) is 5.88 Å². The molecule has 1 aliphatic rings. The Morgan fingerprint density at radius 1 is 1.13 bits per heavy atom. The summed E-state index contributed by atoms with van der Waals surface area (Å²) in [5.41, 5.74) is 1.27. The molecule has 0 saturated carbocycles. The standard InChI is InChI=1S/C20H22FN7O2/c1-12-10-28(11-13(2)30-12)18-5-4-15(21)20(26-18)25-17-6-14(7-24-27-17)16-8-23-19(29-3)9-22-16/h4-9,12-13H,10-11H2,1-3H3,(H,25,26,27)/t12-,13+. The van der Waals surface area contributed by atoms with Gasteiger partial charge in [-0.1, -0.05) is 0 Å². The number of methoxy groups -OCH3 is 1. The van der Waals surface area contributed by atoms with Crippen molar-refractivity contribution < 1.29 is 13.9 Å². The van der Waals surface area contributed by atoms with Crippen LogP contribution in [-0.2, 0) is 4.74 Å². The summed E-state index contributed by atoms with van der Waals surface area (Å²) < 4.78 is 25.2. The van der Waals surface area contributed by atoms with Crippen molar-refractivity contribution in [3.63, 3.8) is 0 Å². The number of hydrogen-bond donors (Lipinski definition) is 1. The van der Waals surface area contributed by atoms with E-state index >= 15 is 0 Å². The maximum absolute atomic E-state index is 14.4. The van der Waals surface area contributed by atoms with E-state index in [1.165, 1.54) is 19.4 Å². The van der Waals surface area contributed by atoms with E-state index in [9.17, 15) is 4.39 Å². The lowest BCUT2D eigenvalue weighted by Crippen LogP contribution is -2.45. The minimum Gasteiger partial charge on any atom is -0.480 e. The fourth-order valence-electron chi connectivity index (χ4n) is 3.32. The van der Waals surface area contributed by atoms with Crippen molar-refractivity contribution >= 4 is 17.5 Å². The van der Waals surface area contributed by atoms with Crippen molar-refractivity contribution in [1.82, 2.24) is 25.1 Å². The average molecular weight is 411 g/mol. The molecular weight excluding hydrogens is 389 g/mol. The zero-order chi connectivity index (χ0) is 21.1. The number of nitrogens with zero attached hydrogens (tertiary/aromatic N) is 6. The molecule has 1 fully saturated rings. The Balaban J connectivity index is 1.56. The predicted octanol–water partition coefficient (Wildman–Crippen LogP) is 2.83. The second kappa shape index (κ2) is 8.54. The average Bonchev–Trinajstić information content (AvgIpc) is 2.75. The van der Waals surface area contributed by atoms with Crippen molar-refractivity contribution in [2.24, 2.45) is 0 Å². The maximum atomic E-state index is 14.4. The normalized spacial score (nSPS) is 18.9. The summed E-state index contributed by atoms with van der Waals surface area (Å²) >= 11 is 0. The van der Waals surface area contributed by atoms with Crippen LogP contribution in [0.4, 0.5) is 21.8 Å². The van der Waals surface area contributed by atoms with Crippen LogP contribution < -0.4 is 15.0 Å². The Hall–Kier alpha value is -3.40. The number of nitrogens with one attached hydrogen (secondary N) is 1. The van der Waals surface area contributed by atoms with Crippen LogP contribution in [0.1, 0.15) is 13.8 Å². The molecule has 3 aromatic rings. The van der Waals surface area contributed by atoms with Gasteiger partial charge >= 0.3 is 0 Å². The third-order valence-corrected chi connectivity index (χ3v) is 4.61. The molecule has 3 aromatic heterocycles. The van der Waals surface area contributed by atoms with Gasteiger partial charge in [0.1, 0.15) is 5.82 Å². The van der Waals surface area contributed by atoms with Crippen molar-refractivity contribution in [3.8, 4) is 17.1 Å². The van der Waals surface area contributed by atoms with Gasteiger partial charge in [-0.05, 0) is 32.0 Å². The van der Waals surface area contributed by atoms with E-state index < -0.39 is 5.82 Å². The van der Waals surface area contributed by atoms with E-state index in [0.717, 1.165) is 0 Å². The quantitative estimate of drug-likeness (QED) is 0.679. The van der Waals surface area contributed by atoms with Crippen LogP contribution in [0.15, 0.2) is 36.8 Å². The number of anilines is 3. The van der Waals surface area contributed by atoms with Gasteiger partial charge in [0.15, 0.2) is 17.5 Å².